The Kier molecular flexibility index (Phi) is 4.02. The van der Waals surface area contributed by atoms with Gasteiger partial charge in [0, 0.05) is 30.3 Å². The molecule has 0 saturated carbocycles. The van der Waals surface area contributed by atoms with E-state index in [9.17, 15) is 4.39 Å². The Morgan fingerprint density at radius 1 is 1.33 bits per heavy atom. The van der Waals surface area contributed by atoms with Crippen molar-refractivity contribution < 1.29 is 4.39 Å². The van der Waals surface area contributed by atoms with Crippen LogP contribution in [-0.2, 0) is 13.0 Å². The van der Waals surface area contributed by atoms with Crippen LogP contribution in [0.25, 0.3) is 0 Å². The van der Waals surface area contributed by atoms with Crippen molar-refractivity contribution in [2.24, 2.45) is 0 Å². The van der Waals surface area contributed by atoms with Crippen molar-refractivity contribution in [1.82, 2.24) is 10.3 Å². The highest BCUT2D eigenvalue weighted by molar-refractivity contribution is 5.39. The molecule has 1 unspecified atom stereocenters. The lowest BCUT2D eigenvalue weighted by atomic mass is 9.95. The number of aromatic nitrogens is 1. The molecule has 1 heterocycles. The van der Waals surface area contributed by atoms with Crippen LogP contribution < -0.4 is 5.32 Å². The number of nitrogens with zero attached hydrogens (tertiary/aromatic N) is 1. The number of aryl methyl sites for hydroxylation is 1. The van der Waals surface area contributed by atoms with Crippen LogP contribution in [0.3, 0.4) is 0 Å². The first-order valence-electron chi connectivity index (χ1n) is 7.60. The van der Waals surface area contributed by atoms with Crippen molar-refractivity contribution in [3.8, 4) is 0 Å². The summed E-state index contributed by atoms with van der Waals surface area (Å²) in [4.78, 5) is 4.49. The summed E-state index contributed by atoms with van der Waals surface area (Å²) in [6.45, 7) is 4.70. The molecular formula is C18H21FN2. The fourth-order valence-corrected chi connectivity index (χ4v) is 2.97. The first-order chi connectivity index (χ1) is 10.1. The van der Waals surface area contributed by atoms with Gasteiger partial charge < -0.3 is 5.32 Å². The Morgan fingerprint density at radius 2 is 2.19 bits per heavy atom. The van der Waals surface area contributed by atoms with Crippen LogP contribution in [-0.4, -0.2) is 11.0 Å². The summed E-state index contributed by atoms with van der Waals surface area (Å²) < 4.78 is 14.3. The minimum absolute atomic E-state index is 0.120. The second kappa shape index (κ2) is 5.94. The highest BCUT2D eigenvalue weighted by Crippen LogP contribution is 2.36. The van der Waals surface area contributed by atoms with E-state index in [1.165, 1.54) is 5.56 Å². The summed E-state index contributed by atoms with van der Waals surface area (Å²) in [5.74, 6) is 0.118. The number of halogens is 1. The average molecular weight is 284 g/mol. The number of nitrogens with one attached hydrogen (secondary N) is 1. The van der Waals surface area contributed by atoms with E-state index in [1.807, 2.05) is 18.3 Å². The van der Waals surface area contributed by atoms with Crippen molar-refractivity contribution >= 4 is 0 Å². The van der Waals surface area contributed by atoms with Crippen LogP contribution in [0.1, 0.15) is 48.6 Å². The molecule has 2 nitrogen and oxygen atoms in total. The molecule has 3 heteroatoms. The second-order valence-corrected chi connectivity index (χ2v) is 6.03. The third-order valence-corrected chi connectivity index (χ3v) is 4.14. The Labute approximate surface area is 125 Å². The number of rotatable bonds is 4. The van der Waals surface area contributed by atoms with E-state index in [2.05, 4.69) is 36.3 Å². The van der Waals surface area contributed by atoms with Gasteiger partial charge in [0.25, 0.3) is 0 Å². The number of benzene rings is 1. The Morgan fingerprint density at radius 3 is 2.95 bits per heavy atom. The lowest BCUT2D eigenvalue weighted by Crippen LogP contribution is -2.22. The Bertz CT molecular complexity index is 637. The minimum Gasteiger partial charge on any atom is -0.310 e. The van der Waals surface area contributed by atoms with Crippen LogP contribution in [0, 0.1) is 5.82 Å². The van der Waals surface area contributed by atoms with Gasteiger partial charge in [-0.2, -0.15) is 0 Å². The van der Waals surface area contributed by atoms with E-state index in [0.29, 0.717) is 12.6 Å². The summed E-state index contributed by atoms with van der Waals surface area (Å²) in [6.07, 6.45) is 3.88. The lowest BCUT2D eigenvalue weighted by molar-refractivity contribution is 0.551. The molecule has 0 saturated heterocycles. The maximum Gasteiger partial charge on any atom is 0.127 e. The van der Waals surface area contributed by atoms with Gasteiger partial charge >= 0.3 is 0 Å². The fourth-order valence-electron chi connectivity index (χ4n) is 2.97. The Balaban J connectivity index is 1.83. The molecule has 110 valence electrons. The molecule has 1 N–H and O–H groups in total. The SMILES string of the molecule is CC(C)NCc1ccc(C2CCc3cccnc32)cc1F. The van der Waals surface area contributed by atoms with Gasteiger partial charge in [0.15, 0.2) is 0 Å². The fraction of sp³-hybridized carbons (Fsp3) is 0.389. The Hall–Kier alpha value is -1.74. The van der Waals surface area contributed by atoms with Gasteiger partial charge in [-0.15, -0.1) is 0 Å². The van der Waals surface area contributed by atoms with Crippen LogP contribution in [0.5, 0.6) is 0 Å². The summed E-state index contributed by atoms with van der Waals surface area (Å²) in [7, 11) is 0. The van der Waals surface area contributed by atoms with E-state index in [0.717, 1.165) is 29.7 Å². The zero-order chi connectivity index (χ0) is 14.8. The van der Waals surface area contributed by atoms with E-state index in [4.69, 9.17) is 0 Å². The molecule has 0 amide bonds. The number of hydrogen-bond donors (Lipinski definition) is 1. The van der Waals surface area contributed by atoms with Gasteiger partial charge in [0.05, 0.1) is 5.69 Å². The number of hydrogen-bond acceptors (Lipinski definition) is 2. The van der Waals surface area contributed by atoms with Gasteiger partial charge in [0.2, 0.25) is 0 Å². The van der Waals surface area contributed by atoms with Gasteiger partial charge in [-0.1, -0.05) is 32.0 Å². The molecule has 0 bridgehead atoms. The molecule has 1 aliphatic rings. The zero-order valence-electron chi connectivity index (χ0n) is 12.6. The molecular weight excluding hydrogens is 263 g/mol. The first kappa shape index (κ1) is 14.2. The van der Waals surface area contributed by atoms with Crippen molar-refractivity contribution in [3.63, 3.8) is 0 Å². The predicted octanol–water partition coefficient (Wildman–Crippen LogP) is 3.80. The quantitative estimate of drug-likeness (QED) is 0.924. The topological polar surface area (TPSA) is 24.9 Å². The molecule has 0 aliphatic heterocycles. The van der Waals surface area contributed by atoms with E-state index < -0.39 is 0 Å². The van der Waals surface area contributed by atoms with Crippen LogP contribution in [0.15, 0.2) is 36.5 Å². The van der Waals surface area contributed by atoms with Crippen molar-refractivity contribution in [1.29, 1.82) is 0 Å². The van der Waals surface area contributed by atoms with E-state index in [1.54, 1.807) is 6.07 Å². The van der Waals surface area contributed by atoms with Crippen molar-refractivity contribution in [3.05, 3.63) is 64.7 Å². The molecule has 3 rings (SSSR count). The molecule has 2 aromatic rings. The first-order valence-corrected chi connectivity index (χ1v) is 7.60. The highest BCUT2D eigenvalue weighted by atomic mass is 19.1. The highest BCUT2D eigenvalue weighted by Gasteiger charge is 2.25. The number of fused-ring (bicyclic) bond motifs is 1. The second-order valence-electron chi connectivity index (χ2n) is 6.03. The molecule has 1 aromatic heterocycles. The van der Waals surface area contributed by atoms with Gasteiger partial charge in [-0.3, -0.25) is 4.98 Å². The summed E-state index contributed by atoms with van der Waals surface area (Å²) in [6, 6.07) is 10.1. The van der Waals surface area contributed by atoms with Crippen LogP contribution in [0.2, 0.25) is 0 Å². The predicted molar refractivity (Wildman–Crippen MR) is 82.8 cm³/mol. The lowest BCUT2D eigenvalue weighted by Gasteiger charge is -2.14. The summed E-state index contributed by atoms with van der Waals surface area (Å²) in [5, 5.41) is 3.25. The summed E-state index contributed by atoms with van der Waals surface area (Å²) in [5.41, 5.74) is 4.18. The summed E-state index contributed by atoms with van der Waals surface area (Å²) >= 11 is 0. The maximum atomic E-state index is 14.3. The van der Waals surface area contributed by atoms with Gasteiger partial charge in [-0.05, 0) is 36.1 Å². The molecule has 1 atom stereocenters. The maximum absolute atomic E-state index is 14.3. The van der Waals surface area contributed by atoms with Gasteiger partial charge in [-0.25, -0.2) is 4.39 Å². The smallest absolute Gasteiger partial charge is 0.127 e. The van der Waals surface area contributed by atoms with Crippen molar-refractivity contribution in [2.75, 3.05) is 0 Å². The molecule has 1 aliphatic carbocycles. The minimum atomic E-state index is -0.120. The average Bonchev–Trinajstić information content (AvgIpc) is 2.89. The zero-order valence-corrected chi connectivity index (χ0v) is 12.6. The largest absolute Gasteiger partial charge is 0.310 e. The van der Waals surface area contributed by atoms with Crippen molar-refractivity contribution in [2.45, 2.75) is 45.2 Å². The van der Waals surface area contributed by atoms with Crippen LogP contribution in [0.4, 0.5) is 4.39 Å². The standard InChI is InChI=1S/C18H21FN2/c1-12(2)21-11-15-6-5-14(10-17(15)19)16-8-7-13-4-3-9-20-18(13)16/h3-6,9-10,12,16,21H,7-8,11H2,1-2H3. The normalized spacial score (nSPS) is 17.2. The third kappa shape index (κ3) is 2.98. The molecule has 21 heavy (non-hydrogen) atoms. The van der Waals surface area contributed by atoms with E-state index in [-0.39, 0.29) is 11.7 Å². The molecule has 0 spiro atoms. The molecule has 0 radical (unpaired) electrons. The molecule has 1 aromatic carbocycles. The monoisotopic (exact) mass is 284 g/mol. The third-order valence-electron chi connectivity index (χ3n) is 4.14. The number of pyridine rings is 1. The van der Waals surface area contributed by atoms with Crippen LogP contribution >= 0.6 is 0 Å². The van der Waals surface area contributed by atoms with Gasteiger partial charge in [0.1, 0.15) is 5.82 Å². The van der Waals surface area contributed by atoms with E-state index >= 15 is 0 Å². The molecule has 0 fully saturated rings.